The lowest BCUT2D eigenvalue weighted by molar-refractivity contribution is -0.145. The van der Waals surface area contributed by atoms with Crippen molar-refractivity contribution in [2.24, 2.45) is 5.41 Å². The third-order valence-electron chi connectivity index (χ3n) is 1.77. The normalized spacial score (nSPS) is 13.3. The summed E-state index contributed by atoms with van der Waals surface area (Å²) in [5, 5.41) is 11.2. The number of amides is 1. The van der Waals surface area contributed by atoms with Crippen molar-refractivity contribution < 1.29 is 19.4 Å². The Morgan fingerprint density at radius 1 is 1.40 bits per heavy atom. The third kappa shape index (κ3) is 5.37. The van der Waals surface area contributed by atoms with Crippen molar-refractivity contribution in [3.63, 3.8) is 0 Å². The molecule has 0 aliphatic carbocycles. The fourth-order valence-corrected chi connectivity index (χ4v) is 0.785. The summed E-state index contributed by atoms with van der Waals surface area (Å²) in [7, 11) is 0. The summed E-state index contributed by atoms with van der Waals surface area (Å²) < 4.78 is 4.97. The van der Waals surface area contributed by atoms with E-state index in [1.54, 1.807) is 27.7 Å². The van der Waals surface area contributed by atoms with Crippen LogP contribution in [-0.2, 0) is 14.3 Å². The number of nitrogens with one attached hydrogen (secondary N) is 1. The van der Waals surface area contributed by atoms with Crippen LogP contribution in [0, 0.1) is 5.41 Å². The Kier molecular flexibility index (Phi) is 5.28. The van der Waals surface area contributed by atoms with Gasteiger partial charge >= 0.3 is 5.97 Å². The van der Waals surface area contributed by atoms with E-state index in [1.807, 2.05) is 0 Å². The van der Waals surface area contributed by atoms with Crippen LogP contribution in [0.5, 0.6) is 0 Å². The molecule has 0 aliphatic heterocycles. The summed E-state index contributed by atoms with van der Waals surface area (Å²) in [6, 6.07) is -0.975. The molecule has 15 heavy (non-hydrogen) atoms. The van der Waals surface area contributed by atoms with Crippen LogP contribution in [0.2, 0.25) is 0 Å². The fourth-order valence-electron chi connectivity index (χ4n) is 0.785. The number of carbonyl (C=O) groups is 2. The highest BCUT2D eigenvalue weighted by Crippen LogP contribution is 2.12. The van der Waals surface area contributed by atoms with Crippen LogP contribution in [0.4, 0.5) is 0 Å². The molecule has 0 spiro atoms. The Bertz CT molecular complexity index is 232. The summed E-state index contributed by atoms with van der Waals surface area (Å²) in [5.41, 5.74) is -0.597. The van der Waals surface area contributed by atoms with Gasteiger partial charge < -0.3 is 15.2 Å². The van der Waals surface area contributed by atoms with Gasteiger partial charge in [-0.3, -0.25) is 4.79 Å². The first kappa shape index (κ1) is 13.9. The minimum atomic E-state index is -1.08. The van der Waals surface area contributed by atoms with Crippen LogP contribution < -0.4 is 5.32 Å². The zero-order valence-electron chi connectivity index (χ0n) is 9.66. The van der Waals surface area contributed by atoms with E-state index < -0.39 is 17.4 Å². The molecule has 0 radical (unpaired) electrons. The second-order valence-electron chi connectivity index (χ2n) is 4.27. The molecule has 0 saturated heterocycles. The molecule has 5 heteroatoms. The van der Waals surface area contributed by atoms with Crippen molar-refractivity contribution in [1.82, 2.24) is 5.32 Å². The van der Waals surface area contributed by atoms with Gasteiger partial charge in [0.25, 0.3) is 0 Å². The quantitative estimate of drug-likeness (QED) is 0.708. The van der Waals surface area contributed by atoms with Crippen LogP contribution in [0.1, 0.15) is 27.7 Å². The Morgan fingerprint density at radius 2 is 1.93 bits per heavy atom. The highest BCUT2D eigenvalue weighted by molar-refractivity contribution is 5.86. The Hall–Kier alpha value is -1.10. The lowest BCUT2D eigenvalue weighted by Crippen LogP contribution is -2.48. The fraction of sp³-hybridized carbons (Fsp3) is 0.800. The van der Waals surface area contributed by atoms with Crippen molar-refractivity contribution in [1.29, 1.82) is 0 Å². The number of carbonyl (C=O) groups excluding carboxylic acids is 1. The van der Waals surface area contributed by atoms with Crippen LogP contribution in [0.3, 0.4) is 0 Å². The largest absolute Gasteiger partial charge is 0.480 e. The second-order valence-corrected chi connectivity index (χ2v) is 4.27. The predicted octanol–water partition coefficient (Wildman–Crippen LogP) is 0.638. The highest BCUT2D eigenvalue weighted by atomic mass is 16.5. The van der Waals surface area contributed by atoms with E-state index in [0.29, 0.717) is 6.61 Å². The van der Waals surface area contributed by atoms with E-state index in [1.165, 1.54) is 0 Å². The van der Waals surface area contributed by atoms with Crippen molar-refractivity contribution >= 4 is 11.9 Å². The maximum Gasteiger partial charge on any atom is 0.328 e. The number of carboxylic acids is 1. The molecule has 0 aliphatic rings. The number of rotatable bonds is 5. The van der Waals surface area contributed by atoms with Gasteiger partial charge in [0.05, 0.1) is 6.61 Å². The van der Waals surface area contributed by atoms with Crippen LogP contribution in [-0.4, -0.2) is 36.2 Å². The Morgan fingerprint density at radius 3 is 2.27 bits per heavy atom. The molecule has 0 bridgehead atoms. The van der Waals surface area contributed by atoms with E-state index in [4.69, 9.17) is 9.84 Å². The van der Waals surface area contributed by atoms with Crippen molar-refractivity contribution in [2.75, 3.05) is 13.2 Å². The zero-order valence-corrected chi connectivity index (χ0v) is 9.66. The average molecular weight is 217 g/mol. The average Bonchev–Trinajstić information content (AvgIpc) is 2.09. The molecule has 1 amide bonds. The molecular weight excluding hydrogens is 198 g/mol. The molecule has 0 aromatic rings. The van der Waals surface area contributed by atoms with Gasteiger partial charge in [-0.25, -0.2) is 4.79 Å². The molecule has 5 nitrogen and oxygen atoms in total. The number of hydrogen-bond acceptors (Lipinski definition) is 3. The monoisotopic (exact) mass is 217 g/mol. The summed E-state index contributed by atoms with van der Waals surface area (Å²) in [5.74, 6) is -1.38. The SMILES string of the molecule is CCOC[C@@H](NC(=O)C(C)(C)C)C(=O)O. The van der Waals surface area contributed by atoms with Gasteiger partial charge in [0.2, 0.25) is 5.91 Å². The minimum absolute atomic E-state index is 0.00630. The van der Waals surface area contributed by atoms with E-state index >= 15 is 0 Å². The molecule has 88 valence electrons. The van der Waals surface area contributed by atoms with Crippen LogP contribution >= 0.6 is 0 Å². The van der Waals surface area contributed by atoms with E-state index in [9.17, 15) is 9.59 Å². The van der Waals surface area contributed by atoms with Gasteiger partial charge in [-0.15, -0.1) is 0 Å². The van der Waals surface area contributed by atoms with Gasteiger partial charge in [0.15, 0.2) is 6.04 Å². The standard InChI is InChI=1S/C10H19NO4/c1-5-15-6-7(8(12)13)11-9(14)10(2,3)4/h7H,5-6H2,1-4H3,(H,11,14)(H,12,13)/t7-/m1/s1. The van der Waals surface area contributed by atoms with Gasteiger partial charge in [0.1, 0.15) is 0 Å². The Balaban J connectivity index is 4.29. The molecule has 0 fully saturated rings. The lowest BCUT2D eigenvalue weighted by atomic mass is 9.95. The zero-order chi connectivity index (χ0) is 12.1. The number of carboxylic acid groups (broad SMARTS) is 1. The van der Waals surface area contributed by atoms with Crippen LogP contribution in [0.25, 0.3) is 0 Å². The highest BCUT2D eigenvalue weighted by Gasteiger charge is 2.27. The molecule has 1 atom stereocenters. The summed E-state index contributed by atoms with van der Waals surface area (Å²) in [6.07, 6.45) is 0. The van der Waals surface area contributed by atoms with E-state index in [2.05, 4.69) is 5.32 Å². The van der Waals surface area contributed by atoms with Gasteiger partial charge in [-0.1, -0.05) is 20.8 Å². The predicted molar refractivity (Wildman–Crippen MR) is 55.5 cm³/mol. The summed E-state index contributed by atoms with van der Waals surface area (Å²) in [4.78, 5) is 22.3. The maximum atomic E-state index is 11.5. The van der Waals surface area contributed by atoms with Gasteiger partial charge in [-0.05, 0) is 6.92 Å². The Labute approximate surface area is 89.8 Å². The summed E-state index contributed by atoms with van der Waals surface area (Å²) >= 11 is 0. The minimum Gasteiger partial charge on any atom is -0.480 e. The molecule has 0 rings (SSSR count). The van der Waals surface area contributed by atoms with Crippen molar-refractivity contribution in [3.05, 3.63) is 0 Å². The first-order chi connectivity index (χ1) is 6.79. The molecule has 0 heterocycles. The van der Waals surface area contributed by atoms with Crippen LogP contribution in [0.15, 0.2) is 0 Å². The van der Waals surface area contributed by atoms with E-state index in [0.717, 1.165) is 0 Å². The molecule has 0 aromatic heterocycles. The molecule has 2 N–H and O–H groups in total. The van der Waals surface area contributed by atoms with E-state index in [-0.39, 0.29) is 12.5 Å². The summed E-state index contributed by atoms with van der Waals surface area (Å²) in [6.45, 7) is 7.36. The van der Waals surface area contributed by atoms with Gasteiger partial charge in [0, 0.05) is 12.0 Å². The molecule has 0 saturated carbocycles. The topological polar surface area (TPSA) is 75.6 Å². The lowest BCUT2D eigenvalue weighted by Gasteiger charge is -2.21. The second kappa shape index (κ2) is 5.70. The van der Waals surface area contributed by atoms with Crippen molar-refractivity contribution in [2.45, 2.75) is 33.7 Å². The maximum absolute atomic E-state index is 11.5. The number of ether oxygens (including phenoxy) is 1. The number of hydrogen-bond donors (Lipinski definition) is 2. The molecule has 0 unspecified atom stereocenters. The third-order valence-corrected chi connectivity index (χ3v) is 1.77. The smallest absolute Gasteiger partial charge is 0.328 e. The number of aliphatic carboxylic acids is 1. The van der Waals surface area contributed by atoms with Gasteiger partial charge in [-0.2, -0.15) is 0 Å². The van der Waals surface area contributed by atoms with Crippen molar-refractivity contribution in [3.8, 4) is 0 Å². The first-order valence-electron chi connectivity index (χ1n) is 4.90. The molecule has 0 aromatic carbocycles. The molecular formula is C10H19NO4. The first-order valence-corrected chi connectivity index (χ1v) is 4.90.